The zero-order valence-corrected chi connectivity index (χ0v) is 11.2. The molecule has 0 aromatic heterocycles. The van der Waals surface area contributed by atoms with Crippen molar-refractivity contribution in [1.82, 2.24) is 0 Å². The number of aromatic carboxylic acids is 1. The van der Waals surface area contributed by atoms with E-state index in [1.807, 2.05) is 4.90 Å². The van der Waals surface area contributed by atoms with Crippen molar-refractivity contribution in [3.63, 3.8) is 0 Å². The van der Waals surface area contributed by atoms with Gasteiger partial charge in [-0.3, -0.25) is 0 Å². The zero-order chi connectivity index (χ0) is 14.2. The van der Waals surface area contributed by atoms with Gasteiger partial charge in [-0.1, -0.05) is 13.8 Å². The molecule has 1 aromatic rings. The van der Waals surface area contributed by atoms with Crippen molar-refractivity contribution in [1.29, 1.82) is 0 Å². The molecule has 0 radical (unpaired) electrons. The van der Waals surface area contributed by atoms with Crippen LogP contribution >= 0.6 is 0 Å². The summed E-state index contributed by atoms with van der Waals surface area (Å²) in [6, 6.07) is 2.75. The molecular formula is C14H19FN2O2. The second kappa shape index (κ2) is 5.07. The third-order valence-corrected chi connectivity index (χ3v) is 3.59. The molecule has 5 heteroatoms. The van der Waals surface area contributed by atoms with Gasteiger partial charge in [0.2, 0.25) is 0 Å². The van der Waals surface area contributed by atoms with Crippen molar-refractivity contribution >= 4 is 17.3 Å². The lowest BCUT2D eigenvalue weighted by atomic mass is 9.91. The summed E-state index contributed by atoms with van der Waals surface area (Å²) in [7, 11) is 0. The molecular weight excluding hydrogens is 247 g/mol. The van der Waals surface area contributed by atoms with E-state index in [2.05, 4.69) is 13.8 Å². The molecule has 1 aliphatic heterocycles. The molecule has 1 aliphatic rings. The lowest BCUT2D eigenvalue weighted by Crippen LogP contribution is -2.39. The van der Waals surface area contributed by atoms with Crippen LogP contribution in [0.3, 0.4) is 0 Å². The van der Waals surface area contributed by atoms with Gasteiger partial charge in [-0.05, 0) is 30.4 Å². The molecule has 2 unspecified atom stereocenters. The molecule has 1 heterocycles. The lowest BCUT2D eigenvalue weighted by Gasteiger charge is -2.37. The number of nitrogens with two attached hydrogens (primary N) is 1. The molecule has 3 N–H and O–H groups in total. The molecule has 4 nitrogen and oxygen atoms in total. The summed E-state index contributed by atoms with van der Waals surface area (Å²) in [6.07, 6.45) is 1.12. The van der Waals surface area contributed by atoms with Crippen LogP contribution in [0.15, 0.2) is 12.1 Å². The molecule has 1 saturated heterocycles. The minimum absolute atomic E-state index is 0.124. The maximum absolute atomic E-state index is 13.4. The highest BCUT2D eigenvalue weighted by Gasteiger charge is 2.27. The zero-order valence-electron chi connectivity index (χ0n) is 11.2. The fourth-order valence-electron chi connectivity index (χ4n) is 2.93. The minimum Gasteiger partial charge on any atom is -0.478 e. The van der Waals surface area contributed by atoms with Gasteiger partial charge in [-0.25, -0.2) is 9.18 Å². The molecule has 0 aliphatic carbocycles. The summed E-state index contributed by atoms with van der Waals surface area (Å²) in [5.74, 6) is -0.898. The van der Waals surface area contributed by atoms with Gasteiger partial charge in [0.25, 0.3) is 0 Å². The summed E-state index contributed by atoms with van der Waals surface area (Å²) in [5.41, 5.74) is 5.69. The third-order valence-electron chi connectivity index (χ3n) is 3.59. The Bertz CT molecular complexity index is 494. The highest BCUT2D eigenvalue weighted by molar-refractivity contribution is 6.00. The van der Waals surface area contributed by atoms with Crippen molar-refractivity contribution < 1.29 is 14.3 Å². The first-order chi connectivity index (χ1) is 8.90. The van der Waals surface area contributed by atoms with Crippen LogP contribution in [0.2, 0.25) is 0 Å². The van der Waals surface area contributed by atoms with Crippen molar-refractivity contribution in [2.24, 2.45) is 11.8 Å². The third kappa shape index (κ3) is 2.64. The summed E-state index contributed by atoms with van der Waals surface area (Å²) in [4.78, 5) is 13.3. The Morgan fingerprint density at radius 1 is 1.37 bits per heavy atom. The molecule has 0 amide bonds. The van der Waals surface area contributed by atoms with E-state index in [-0.39, 0.29) is 11.3 Å². The second-order valence-corrected chi connectivity index (χ2v) is 5.51. The maximum atomic E-state index is 13.4. The second-order valence-electron chi connectivity index (χ2n) is 5.51. The Morgan fingerprint density at radius 2 is 1.95 bits per heavy atom. The number of hydrogen-bond acceptors (Lipinski definition) is 3. The Hall–Kier alpha value is -1.78. The van der Waals surface area contributed by atoms with Gasteiger partial charge in [-0.15, -0.1) is 0 Å². The number of carboxylic acid groups (broad SMARTS) is 1. The van der Waals surface area contributed by atoms with Crippen LogP contribution in [-0.4, -0.2) is 24.2 Å². The number of anilines is 2. The van der Waals surface area contributed by atoms with E-state index in [1.165, 1.54) is 12.1 Å². The Kier molecular flexibility index (Phi) is 3.64. The van der Waals surface area contributed by atoms with Gasteiger partial charge in [0, 0.05) is 13.1 Å². The van der Waals surface area contributed by atoms with E-state index in [0.29, 0.717) is 17.5 Å². The highest BCUT2D eigenvalue weighted by atomic mass is 19.1. The quantitative estimate of drug-likeness (QED) is 0.807. The molecule has 2 atom stereocenters. The number of benzene rings is 1. The summed E-state index contributed by atoms with van der Waals surface area (Å²) in [5, 5.41) is 9.26. The number of nitrogens with zero attached hydrogens (tertiary/aromatic N) is 1. The van der Waals surface area contributed by atoms with Gasteiger partial charge in [0.05, 0.1) is 11.4 Å². The first-order valence-corrected chi connectivity index (χ1v) is 6.46. The fourth-order valence-corrected chi connectivity index (χ4v) is 2.93. The van der Waals surface area contributed by atoms with E-state index in [0.717, 1.165) is 19.5 Å². The Labute approximate surface area is 112 Å². The lowest BCUT2D eigenvalue weighted by molar-refractivity contribution is 0.0698. The monoisotopic (exact) mass is 266 g/mol. The Morgan fingerprint density at radius 3 is 2.47 bits per heavy atom. The molecule has 0 saturated carbocycles. The van der Waals surface area contributed by atoms with E-state index in [4.69, 9.17) is 5.73 Å². The summed E-state index contributed by atoms with van der Waals surface area (Å²) >= 11 is 0. The van der Waals surface area contributed by atoms with Crippen molar-refractivity contribution in [2.45, 2.75) is 20.3 Å². The number of hydrogen-bond donors (Lipinski definition) is 2. The number of halogens is 1. The standard InChI is InChI=1S/C14H19FN2O2/c1-8-5-9(2)7-17(6-8)11-4-3-10(15)13(16)12(11)14(18)19/h3-4,8-9H,5-7,16H2,1-2H3,(H,18,19). The minimum atomic E-state index is -1.18. The van der Waals surface area contributed by atoms with Crippen LogP contribution in [0.25, 0.3) is 0 Å². The van der Waals surface area contributed by atoms with E-state index >= 15 is 0 Å². The van der Waals surface area contributed by atoms with Gasteiger partial charge < -0.3 is 15.7 Å². The molecule has 19 heavy (non-hydrogen) atoms. The number of carbonyl (C=O) groups is 1. The van der Waals surface area contributed by atoms with Crippen LogP contribution < -0.4 is 10.6 Å². The van der Waals surface area contributed by atoms with Gasteiger partial charge in [-0.2, -0.15) is 0 Å². The fraction of sp³-hybridized carbons (Fsp3) is 0.500. The smallest absolute Gasteiger partial charge is 0.340 e. The van der Waals surface area contributed by atoms with E-state index < -0.39 is 11.8 Å². The molecule has 1 fully saturated rings. The Balaban J connectivity index is 2.44. The number of piperidine rings is 1. The number of rotatable bonds is 2. The SMILES string of the molecule is CC1CC(C)CN(c2ccc(F)c(N)c2C(=O)O)C1. The molecule has 0 spiro atoms. The predicted molar refractivity (Wildman–Crippen MR) is 72.9 cm³/mol. The molecule has 104 valence electrons. The average molecular weight is 266 g/mol. The van der Waals surface area contributed by atoms with Crippen molar-refractivity contribution in [3.05, 3.63) is 23.5 Å². The number of nitrogen functional groups attached to an aromatic ring is 1. The van der Waals surface area contributed by atoms with Crippen molar-refractivity contribution in [3.8, 4) is 0 Å². The predicted octanol–water partition coefficient (Wildman–Crippen LogP) is 2.59. The molecule has 1 aromatic carbocycles. The largest absolute Gasteiger partial charge is 0.478 e. The first-order valence-electron chi connectivity index (χ1n) is 6.46. The molecule has 2 rings (SSSR count). The average Bonchev–Trinajstić information content (AvgIpc) is 2.30. The normalized spacial score (nSPS) is 23.4. The van der Waals surface area contributed by atoms with Crippen LogP contribution in [0.5, 0.6) is 0 Å². The van der Waals surface area contributed by atoms with Gasteiger partial charge in [0.15, 0.2) is 0 Å². The molecule has 0 bridgehead atoms. The highest BCUT2D eigenvalue weighted by Crippen LogP contribution is 2.32. The summed E-state index contributed by atoms with van der Waals surface area (Å²) in [6.45, 7) is 5.82. The van der Waals surface area contributed by atoms with E-state index in [9.17, 15) is 14.3 Å². The van der Waals surface area contributed by atoms with Crippen LogP contribution in [-0.2, 0) is 0 Å². The van der Waals surface area contributed by atoms with Crippen LogP contribution in [0.1, 0.15) is 30.6 Å². The maximum Gasteiger partial charge on any atom is 0.340 e. The summed E-state index contributed by atoms with van der Waals surface area (Å²) < 4.78 is 13.4. The van der Waals surface area contributed by atoms with Gasteiger partial charge >= 0.3 is 5.97 Å². The van der Waals surface area contributed by atoms with Crippen molar-refractivity contribution in [2.75, 3.05) is 23.7 Å². The van der Waals surface area contributed by atoms with Crippen LogP contribution in [0, 0.1) is 17.7 Å². The number of carboxylic acids is 1. The topological polar surface area (TPSA) is 66.6 Å². The van der Waals surface area contributed by atoms with E-state index in [1.54, 1.807) is 0 Å². The van der Waals surface area contributed by atoms with Gasteiger partial charge in [0.1, 0.15) is 11.4 Å². The first kappa shape index (κ1) is 13.6. The van der Waals surface area contributed by atoms with Crippen LogP contribution in [0.4, 0.5) is 15.8 Å².